The Balaban J connectivity index is 1.08. The number of hydrogen-bond donors (Lipinski definition) is 0. The van der Waals surface area contributed by atoms with Gasteiger partial charge in [0.1, 0.15) is 0 Å². The minimum Gasteiger partial charge on any atom is -0.238 e. The molecule has 9 aromatic carbocycles. The summed E-state index contributed by atoms with van der Waals surface area (Å²) in [6, 6.07) is 69.2. The highest BCUT2D eigenvalue weighted by molar-refractivity contribution is 6.08. The molecule has 0 atom stereocenters. The number of nitrogens with zero attached hydrogens (tertiary/aromatic N) is 6. The summed E-state index contributed by atoms with van der Waals surface area (Å²) < 4.78 is 0. The van der Waals surface area contributed by atoms with E-state index in [0.717, 1.165) is 61.2 Å². The molecule has 0 bridgehead atoms. The molecule has 0 saturated heterocycles. The van der Waals surface area contributed by atoms with Crippen molar-refractivity contribution in [1.29, 1.82) is 10.5 Å². The molecule has 1 aromatic heterocycles. The lowest BCUT2D eigenvalue weighted by Crippen LogP contribution is -2.02. The lowest BCUT2D eigenvalue weighted by molar-refractivity contribution is 1.07. The summed E-state index contributed by atoms with van der Waals surface area (Å²) in [6.45, 7) is 7.44. The van der Waals surface area contributed by atoms with Crippen molar-refractivity contribution in [2.45, 2.75) is 0 Å². The van der Waals surface area contributed by atoms with E-state index in [9.17, 15) is 10.5 Å². The number of rotatable bonds is 7. The van der Waals surface area contributed by atoms with Gasteiger partial charge in [-0.3, -0.25) is 0 Å². The van der Waals surface area contributed by atoms with Crippen LogP contribution in [0.1, 0.15) is 11.1 Å². The normalized spacial score (nSPS) is 10.9. The minimum absolute atomic E-state index is 0.420. The zero-order chi connectivity index (χ0) is 42.0. The molecule has 6 heteroatoms. The first-order valence-electron chi connectivity index (χ1n) is 20.1. The highest BCUT2D eigenvalue weighted by Gasteiger charge is 2.21. The van der Waals surface area contributed by atoms with Crippen LogP contribution in [0.4, 0.5) is 5.69 Å². The fourth-order valence-electron chi connectivity index (χ4n) is 8.19. The molecule has 6 nitrogen and oxygen atoms in total. The SMILES string of the molecule is [C-]#[N+]c1ccc(-c2nc(-c3ccc(C#N)cc3)nc(-c3ccccc3-c3c(C#N)cccc3-c3ccccc3-c3ccc(-c4ccc5c(ccc6ccccc65)c4)cc3)n2)cc1. The standard InChI is InChI=1S/C56H32N6/c1-59-45-30-27-41(28-31-45)55-60-54(40-19-17-36(34-57)18-20-40)61-56(62-55)52-15-7-6-14-51(52)53-44(35-58)10-8-16-50(53)49-13-5-4-12-47(49)39-23-21-37(22-24-39)42-29-32-48-43(33-42)26-25-38-9-2-3-11-46(38)48/h2-33H. The van der Waals surface area contributed by atoms with E-state index in [1.807, 2.05) is 72.8 Å². The first-order chi connectivity index (χ1) is 30.6. The zero-order valence-corrected chi connectivity index (χ0v) is 33.2. The maximum Gasteiger partial charge on any atom is 0.187 e. The zero-order valence-electron chi connectivity index (χ0n) is 33.2. The Morgan fingerprint density at radius 3 is 1.65 bits per heavy atom. The molecule has 1 heterocycles. The number of nitriles is 2. The molecule has 0 unspecified atom stereocenters. The van der Waals surface area contributed by atoms with Crippen LogP contribution in [0.5, 0.6) is 0 Å². The predicted molar refractivity (Wildman–Crippen MR) is 249 cm³/mol. The van der Waals surface area contributed by atoms with Crippen molar-refractivity contribution in [2.75, 3.05) is 0 Å². The van der Waals surface area contributed by atoms with Gasteiger partial charge in [0, 0.05) is 22.3 Å². The van der Waals surface area contributed by atoms with Crippen molar-refractivity contribution in [3.8, 4) is 90.8 Å². The third kappa shape index (κ3) is 6.89. The highest BCUT2D eigenvalue weighted by Crippen LogP contribution is 2.43. The highest BCUT2D eigenvalue weighted by atomic mass is 15.0. The quantitative estimate of drug-likeness (QED) is 0.118. The Morgan fingerprint density at radius 1 is 0.387 bits per heavy atom. The van der Waals surface area contributed by atoms with E-state index in [1.165, 1.54) is 21.5 Å². The van der Waals surface area contributed by atoms with E-state index in [4.69, 9.17) is 21.5 Å². The van der Waals surface area contributed by atoms with Crippen LogP contribution in [0.3, 0.4) is 0 Å². The molecule has 0 fully saturated rings. The second-order valence-electron chi connectivity index (χ2n) is 14.9. The van der Waals surface area contributed by atoms with E-state index >= 15 is 0 Å². The van der Waals surface area contributed by atoms with Gasteiger partial charge in [0.2, 0.25) is 0 Å². The topological polar surface area (TPSA) is 90.6 Å². The molecule has 0 radical (unpaired) electrons. The lowest BCUT2D eigenvalue weighted by Gasteiger charge is -2.18. The molecule has 62 heavy (non-hydrogen) atoms. The fourth-order valence-corrected chi connectivity index (χ4v) is 8.19. The molecule has 0 spiro atoms. The second kappa shape index (κ2) is 16.0. The van der Waals surface area contributed by atoms with Crippen molar-refractivity contribution in [3.63, 3.8) is 0 Å². The van der Waals surface area contributed by atoms with E-state index < -0.39 is 0 Å². The summed E-state index contributed by atoms with van der Waals surface area (Å²) >= 11 is 0. The average molecular weight is 789 g/mol. The van der Waals surface area contributed by atoms with E-state index in [1.54, 1.807) is 24.3 Å². The first-order valence-corrected chi connectivity index (χ1v) is 20.1. The van der Waals surface area contributed by atoms with Gasteiger partial charge in [-0.15, -0.1) is 0 Å². The van der Waals surface area contributed by atoms with Gasteiger partial charge in [0.15, 0.2) is 23.2 Å². The van der Waals surface area contributed by atoms with Gasteiger partial charge in [0.25, 0.3) is 0 Å². The van der Waals surface area contributed by atoms with Gasteiger partial charge in [-0.25, -0.2) is 19.8 Å². The number of aromatic nitrogens is 3. The summed E-state index contributed by atoms with van der Waals surface area (Å²) in [5.41, 5.74) is 11.5. The van der Waals surface area contributed by atoms with Crippen molar-refractivity contribution in [1.82, 2.24) is 15.0 Å². The monoisotopic (exact) mass is 788 g/mol. The molecule has 0 saturated carbocycles. The Kier molecular flexibility index (Phi) is 9.60. The van der Waals surface area contributed by atoms with E-state index in [-0.39, 0.29) is 0 Å². The Morgan fingerprint density at radius 2 is 0.935 bits per heavy atom. The summed E-state index contributed by atoms with van der Waals surface area (Å²) in [4.78, 5) is 18.5. The maximum atomic E-state index is 10.7. The third-order valence-electron chi connectivity index (χ3n) is 11.3. The summed E-state index contributed by atoms with van der Waals surface area (Å²) in [5.74, 6) is 1.28. The third-order valence-corrected chi connectivity index (χ3v) is 11.3. The Bertz CT molecular complexity index is 3400. The van der Waals surface area contributed by atoms with Crippen LogP contribution < -0.4 is 0 Å². The number of fused-ring (bicyclic) bond motifs is 3. The van der Waals surface area contributed by atoms with Crippen molar-refractivity contribution >= 4 is 27.2 Å². The molecular formula is C56H32N6. The molecule has 286 valence electrons. The largest absolute Gasteiger partial charge is 0.238 e. The first kappa shape index (κ1) is 37.3. The van der Waals surface area contributed by atoms with Gasteiger partial charge in [-0.05, 0) is 96.9 Å². The smallest absolute Gasteiger partial charge is 0.187 e. The number of hydrogen-bond acceptors (Lipinski definition) is 5. The van der Waals surface area contributed by atoms with Crippen LogP contribution in [0.2, 0.25) is 0 Å². The van der Waals surface area contributed by atoms with Gasteiger partial charge in [-0.1, -0.05) is 158 Å². The lowest BCUT2D eigenvalue weighted by atomic mass is 9.85. The van der Waals surface area contributed by atoms with E-state index in [0.29, 0.717) is 34.3 Å². The van der Waals surface area contributed by atoms with Crippen LogP contribution in [0, 0.1) is 29.2 Å². The fraction of sp³-hybridized carbons (Fsp3) is 0. The Labute approximate surface area is 358 Å². The number of benzene rings is 9. The van der Waals surface area contributed by atoms with Crippen LogP contribution in [-0.4, -0.2) is 15.0 Å². The van der Waals surface area contributed by atoms with Gasteiger partial charge in [0.05, 0.1) is 29.8 Å². The van der Waals surface area contributed by atoms with Gasteiger partial charge < -0.3 is 0 Å². The average Bonchev–Trinajstić information content (AvgIpc) is 3.35. The molecule has 0 aliphatic carbocycles. The maximum absolute atomic E-state index is 10.7. The van der Waals surface area contributed by atoms with Gasteiger partial charge in [-0.2, -0.15) is 10.5 Å². The molecule has 0 aliphatic rings. The van der Waals surface area contributed by atoms with Crippen LogP contribution in [-0.2, 0) is 0 Å². The summed E-state index contributed by atoms with van der Waals surface area (Å²) in [5, 5.41) is 25.1. The van der Waals surface area contributed by atoms with Crippen LogP contribution in [0.25, 0.3) is 105 Å². The van der Waals surface area contributed by atoms with Crippen molar-refractivity contribution in [3.05, 3.63) is 217 Å². The van der Waals surface area contributed by atoms with E-state index in [2.05, 4.69) is 114 Å². The molecule has 0 amide bonds. The summed E-state index contributed by atoms with van der Waals surface area (Å²) in [6.07, 6.45) is 0. The van der Waals surface area contributed by atoms with Crippen LogP contribution >= 0.6 is 0 Å². The summed E-state index contributed by atoms with van der Waals surface area (Å²) in [7, 11) is 0. The predicted octanol–water partition coefficient (Wildman–Crippen LogP) is 14.1. The molecule has 10 rings (SSSR count). The minimum atomic E-state index is 0.420. The molecule has 0 aliphatic heterocycles. The van der Waals surface area contributed by atoms with Crippen molar-refractivity contribution in [2.24, 2.45) is 0 Å². The van der Waals surface area contributed by atoms with Crippen LogP contribution in [0.15, 0.2) is 194 Å². The van der Waals surface area contributed by atoms with Crippen molar-refractivity contribution < 1.29 is 0 Å². The molecule has 0 N–H and O–H groups in total. The molecular weight excluding hydrogens is 757 g/mol. The second-order valence-corrected chi connectivity index (χ2v) is 14.9. The van der Waals surface area contributed by atoms with Gasteiger partial charge >= 0.3 is 0 Å². The molecule has 10 aromatic rings. The Hall–Kier alpha value is -9.02.